The maximum absolute atomic E-state index is 15.7. The van der Waals surface area contributed by atoms with Crippen LogP contribution in [0.5, 0.6) is 11.5 Å². The van der Waals surface area contributed by atoms with Gasteiger partial charge >= 0.3 is 30.2 Å². The molecule has 5 N–H and O–H groups in total. The van der Waals surface area contributed by atoms with Gasteiger partial charge in [0.05, 0.1) is 12.7 Å². The van der Waals surface area contributed by atoms with E-state index in [1.54, 1.807) is 32.9 Å². The van der Waals surface area contributed by atoms with Gasteiger partial charge in [0.2, 0.25) is 11.8 Å². The van der Waals surface area contributed by atoms with Crippen LogP contribution in [0.1, 0.15) is 107 Å². The number of ether oxygens (including phenoxy) is 7. The Bertz CT molecular complexity index is 3890. The standard InChI is InChI=1S/C82H105N5O15Si2/c1-57(2)45-70(77(91)98-54-60-33-23-16-24-34-60)85-74(88)68(84-75(89)69(86-80(94)101-81(3,4)5)50-67(102-104(12,13)82(6,7)8)51-83-78(92)99-55-61-35-25-17-26-36-61)48-65-46-63(39-41-72(65)96-52-58-29-19-14-20-30-58)64-40-42-73(97-53-59-31-21-15-22-32-59)66(47-64)49-71(76(90)95-43-44-103(9,10)11)87-79(93)100-56-62-37-27-18-28-38-62/h14-42,46-47,57,67-71H,43-45,48-56H2,1-13H3,(H,83,92)(H,84,89)(H,85,88)(H,86,94)(H,87,93)/t67-,68+,69+,70+,71+/m1/s1. The van der Waals surface area contributed by atoms with E-state index in [2.05, 4.69) is 46.2 Å². The van der Waals surface area contributed by atoms with Gasteiger partial charge in [-0.05, 0) is 132 Å². The summed E-state index contributed by atoms with van der Waals surface area (Å²) < 4.78 is 49.1. The molecule has 0 aromatic heterocycles. The zero-order valence-electron chi connectivity index (χ0n) is 62.5. The quantitative estimate of drug-likeness (QED) is 0.0139. The van der Waals surface area contributed by atoms with Gasteiger partial charge in [-0.3, -0.25) is 9.59 Å². The molecule has 0 unspecified atom stereocenters. The fourth-order valence-electron chi connectivity index (χ4n) is 10.6. The van der Waals surface area contributed by atoms with E-state index in [1.807, 2.05) is 224 Å². The molecule has 7 aromatic rings. The molecule has 0 heterocycles. The summed E-state index contributed by atoms with van der Waals surface area (Å²) in [5.74, 6) is -2.33. The average Bonchev–Trinajstić information content (AvgIpc) is 0.807. The molecule has 0 saturated carbocycles. The third kappa shape index (κ3) is 28.5. The SMILES string of the molecule is CC(C)C[C@H](NC(=O)[C@H](Cc1cc(-c2ccc(OCc3ccccc3)c(C[C@H](NC(=O)OCc3ccccc3)C(=O)OCC[Si](C)(C)C)c2)ccc1OCc1ccccc1)NC(=O)[C@H](C[C@H](CNC(=O)OCc1ccccc1)O[Si](C)(C)C(C)(C)C)NC(=O)OC(C)(C)C)C(=O)OCc1ccccc1. The predicted octanol–water partition coefficient (Wildman–Crippen LogP) is 15.1. The molecule has 7 aromatic carbocycles. The Morgan fingerprint density at radius 2 is 0.827 bits per heavy atom. The van der Waals surface area contributed by atoms with Gasteiger partial charge in [-0.15, -0.1) is 0 Å². The summed E-state index contributed by atoms with van der Waals surface area (Å²) in [6.45, 7) is 25.7. The summed E-state index contributed by atoms with van der Waals surface area (Å²) in [4.78, 5) is 101. The number of alkyl carbamates (subject to hydrolysis) is 3. The van der Waals surface area contributed by atoms with Crippen molar-refractivity contribution in [2.75, 3.05) is 13.2 Å². The molecule has 20 nitrogen and oxygen atoms in total. The largest absolute Gasteiger partial charge is 0.489 e. The summed E-state index contributed by atoms with van der Waals surface area (Å²) in [5, 5.41) is 14.0. The molecule has 0 saturated heterocycles. The lowest BCUT2D eigenvalue weighted by Crippen LogP contribution is -2.58. The van der Waals surface area contributed by atoms with Crippen LogP contribution in [0.15, 0.2) is 188 Å². The Balaban J connectivity index is 1.33. The highest BCUT2D eigenvalue weighted by atomic mass is 28.4. The van der Waals surface area contributed by atoms with Crippen molar-refractivity contribution in [1.29, 1.82) is 0 Å². The van der Waals surface area contributed by atoms with Crippen LogP contribution in [0.4, 0.5) is 14.4 Å². The zero-order chi connectivity index (χ0) is 75.5. The molecular weight excluding hydrogens is 1350 g/mol. The Morgan fingerprint density at radius 3 is 1.27 bits per heavy atom. The second kappa shape index (κ2) is 39.2. The maximum Gasteiger partial charge on any atom is 0.408 e. The predicted molar refractivity (Wildman–Crippen MR) is 408 cm³/mol. The number of hydrogen-bond donors (Lipinski definition) is 5. The van der Waals surface area contributed by atoms with Crippen LogP contribution in [-0.4, -0.2) is 107 Å². The highest BCUT2D eigenvalue weighted by Gasteiger charge is 2.41. The lowest BCUT2D eigenvalue weighted by molar-refractivity contribution is -0.150. The van der Waals surface area contributed by atoms with Crippen LogP contribution in [0.25, 0.3) is 11.1 Å². The fraction of sp³-hybridized carbons (Fsp3) is 0.402. The van der Waals surface area contributed by atoms with Crippen LogP contribution in [0.3, 0.4) is 0 Å². The van der Waals surface area contributed by atoms with Gasteiger partial charge in [-0.25, -0.2) is 24.0 Å². The van der Waals surface area contributed by atoms with Crippen molar-refractivity contribution in [3.05, 3.63) is 227 Å². The van der Waals surface area contributed by atoms with E-state index < -0.39 is 94.3 Å². The molecule has 0 radical (unpaired) electrons. The monoisotopic (exact) mass is 1460 g/mol. The highest BCUT2D eigenvalue weighted by molar-refractivity contribution is 6.76. The average molecular weight is 1460 g/mol. The van der Waals surface area contributed by atoms with Gasteiger partial charge in [0, 0.05) is 33.9 Å². The molecule has 556 valence electrons. The number of nitrogens with one attached hydrogen (secondary N) is 5. The number of esters is 2. The van der Waals surface area contributed by atoms with E-state index in [-0.39, 0.29) is 82.8 Å². The Hall–Kier alpha value is -9.78. The number of benzene rings is 7. The van der Waals surface area contributed by atoms with Gasteiger partial charge < -0.3 is 64.2 Å². The molecular formula is C82H105N5O15Si2. The zero-order valence-corrected chi connectivity index (χ0v) is 64.5. The first-order chi connectivity index (χ1) is 49.3. The second-order valence-corrected chi connectivity index (χ2v) is 40.4. The maximum atomic E-state index is 15.7. The molecule has 22 heteroatoms. The second-order valence-electron chi connectivity index (χ2n) is 30.1. The number of carbonyl (C=O) groups excluding carboxylic acids is 7. The third-order valence-electron chi connectivity index (χ3n) is 17.3. The minimum atomic E-state index is -2.74. The minimum absolute atomic E-state index is 0.0119. The Kier molecular flexibility index (Phi) is 30.7. The van der Waals surface area contributed by atoms with E-state index in [9.17, 15) is 24.0 Å². The molecule has 104 heavy (non-hydrogen) atoms. The van der Waals surface area contributed by atoms with Crippen LogP contribution in [-0.2, 0) is 93.2 Å². The molecule has 7 rings (SSSR count). The van der Waals surface area contributed by atoms with E-state index in [4.69, 9.17) is 37.6 Å². The van der Waals surface area contributed by atoms with Gasteiger partial charge in [-0.1, -0.05) is 218 Å². The van der Waals surface area contributed by atoms with E-state index >= 15 is 9.59 Å². The normalized spacial score (nSPS) is 13.1. The Morgan fingerprint density at radius 1 is 0.423 bits per heavy atom. The fourth-order valence-corrected chi connectivity index (χ4v) is 12.7. The van der Waals surface area contributed by atoms with Crippen molar-refractivity contribution >= 4 is 58.4 Å². The highest BCUT2D eigenvalue weighted by Crippen LogP contribution is 2.38. The number of rotatable bonds is 36. The number of carbonyl (C=O) groups is 7. The molecule has 0 aliphatic heterocycles. The van der Waals surface area contributed by atoms with E-state index in [0.717, 1.165) is 27.8 Å². The lowest BCUT2D eigenvalue weighted by atomic mass is 9.94. The third-order valence-corrected chi connectivity index (χ3v) is 23.5. The number of hydrogen-bond acceptors (Lipinski definition) is 15. The molecule has 0 aliphatic carbocycles. The van der Waals surface area contributed by atoms with E-state index in [0.29, 0.717) is 39.8 Å². The van der Waals surface area contributed by atoms with Crippen LogP contribution in [0.2, 0.25) is 43.8 Å². The van der Waals surface area contributed by atoms with Gasteiger partial charge in [-0.2, -0.15) is 0 Å². The summed E-state index contributed by atoms with van der Waals surface area (Å²) in [6.07, 6.45) is -3.88. The van der Waals surface area contributed by atoms with Gasteiger partial charge in [0.15, 0.2) is 8.32 Å². The van der Waals surface area contributed by atoms with Crippen molar-refractivity contribution in [1.82, 2.24) is 26.6 Å². The van der Waals surface area contributed by atoms with Crippen molar-refractivity contribution < 1.29 is 71.1 Å². The summed E-state index contributed by atoms with van der Waals surface area (Å²) in [7, 11) is -4.42. The number of amides is 5. The molecule has 0 bridgehead atoms. The van der Waals surface area contributed by atoms with E-state index in [1.165, 1.54) is 0 Å². The Labute approximate surface area is 615 Å². The molecule has 0 spiro atoms. The topological polar surface area (TPSA) is 253 Å². The smallest absolute Gasteiger partial charge is 0.408 e. The molecule has 5 amide bonds. The van der Waals surface area contributed by atoms with Crippen molar-refractivity contribution in [3.8, 4) is 22.6 Å². The van der Waals surface area contributed by atoms with Crippen molar-refractivity contribution in [3.63, 3.8) is 0 Å². The molecule has 0 aliphatic rings. The minimum Gasteiger partial charge on any atom is -0.489 e. The van der Waals surface area contributed by atoms with Gasteiger partial charge in [0.25, 0.3) is 0 Å². The first-order valence-corrected chi connectivity index (χ1v) is 42.1. The lowest BCUT2D eigenvalue weighted by Gasteiger charge is -2.40. The van der Waals surface area contributed by atoms with Crippen LogP contribution < -0.4 is 36.1 Å². The van der Waals surface area contributed by atoms with Gasteiger partial charge in [0.1, 0.15) is 74.3 Å². The van der Waals surface area contributed by atoms with Crippen LogP contribution in [0, 0.1) is 5.92 Å². The van der Waals surface area contributed by atoms with Crippen LogP contribution >= 0.6 is 0 Å². The first-order valence-electron chi connectivity index (χ1n) is 35.5. The summed E-state index contributed by atoms with van der Waals surface area (Å²) in [6, 6.07) is 52.8. The van der Waals surface area contributed by atoms with Crippen molar-refractivity contribution in [2.45, 2.75) is 194 Å². The first kappa shape index (κ1) is 81.5. The summed E-state index contributed by atoms with van der Waals surface area (Å²) >= 11 is 0. The summed E-state index contributed by atoms with van der Waals surface area (Å²) in [5.41, 5.74) is 5.13. The molecule has 0 fully saturated rings. The van der Waals surface area contributed by atoms with Crippen molar-refractivity contribution in [2.24, 2.45) is 5.92 Å². The molecule has 5 atom stereocenters.